The highest BCUT2D eigenvalue weighted by Gasteiger charge is 2.09. The number of hydrogen-bond acceptors (Lipinski definition) is 3. The highest BCUT2D eigenvalue weighted by Crippen LogP contribution is 2.13. The summed E-state index contributed by atoms with van der Waals surface area (Å²) in [5.74, 6) is 0.519. The maximum atomic E-state index is 12.0. The molecule has 96 valence electrons. The normalized spacial score (nSPS) is 9.95. The predicted octanol–water partition coefficient (Wildman–Crippen LogP) is 3.07. The van der Waals surface area contributed by atoms with Gasteiger partial charge in [0, 0.05) is 11.1 Å². The molecule has 0 spiro atoms. The molecule has 0 bridgehead atoms. The molecule has 0 fully saturated rings. The van der Waals surface area contributed by atoms with Crippen molar-refractivity contribution >= 4 is 12.1 Å². The number of ketones is 1. The molecule has 0 saturated carbocycles. The van der Waals surface area contributed by atoms with Gasteiger partial charge in [-0.05, 0) is 36.8 Å². The van der Waals surface area contributed by atoms with Crippen molar-refractivity contribution in [2.24, 2.45) is 0 Å². The van der Waals surface area contributed by atoms with E-state index in [0.717, 1.165) is 11.8 Å². The first-order chi connectivity index (χ1) is 9.20. The summed E-state index contributed by atoms with van der Waals surface area (Å²) in [4.78, 5) is 22.5. The molecule has 0 radical (unpaired) electrons. The summed E-state index contributed by atoms with van der Waals surface area (Å²) in [5, 5.41) is 0. The molecule has 19 heavy (non-hydrogen) atoms. The maximum Gasteiger partial charge on any atom is 0.200 e. The topological polar surface area (TPSA) is 43.4 Å². The Morgan fingerprint density at radius 2 is 1.79 bits per heavy atom. The van der Waals surface area contributed by atoms with Crippen molar-refractivity contribution in [2.75, 3.05) is 6.61 Å². The van der Waals surface area contributed by atoms with E-state index in [0.29, 0.717) is 16.9 Å². The highest BCUT2D eigenvalue weighted by atomic mass is 16.5. The van der Waals surface area contributed by atoms with Crippen molar-refractivity contribution in [3.05, 3.63) is 65.2 Å². The van der Waals surface area contributed by atoms with Gasteiger partial charge in [0.15, 0.2) is 12.4 Å². The zero-order valence-corrected chi connectivity index (χ0v) is 10.6. The number of carbonyl (C=O) groups is 2. The largest absolute Gasteiger partial charge is 0.485 e. The van der Waals surface area contributed by atoms with Crippen LogP contribution >= 0.6 is 0 Å². The van der Waals surface area contributed by atoms with E-state index >= 15 is 0 Å². The molecule has 2 aromatic rings. The second-order valence-electron chi connectivity index (χ2n) is 4.21. The summed E-state index contributed by atoms with van der Waals surface area (Å²) < 4.78 is 5.41. The van der Waals surface area contributed by atoms with E-state index in [2.05, 4.69) is 0 Å². The smallest absolute Gasteiger partial charge is 0.200 e. The lowest BCUT2D eigenvalue weighted by Gasteiger charge is -2.07. The molecule has 0 N–H and O–H groups in total. The van der Waals surface area contributed by atoms with Crippen molar-refractivity contribution in [3.8, 4) is 5.75 Å². The molecule has 0 unspecified atom stereocenters. The van der Waals surface area contributed by atoms with Gasteiger partial charge in [-0.25, -0.2) is 0 Å². The number of hydrogen-bond donors (Lipinski definition) is 0. The highest BCUT2D eigenvalue weighted by molar-refractivity contribution is 5.98. The third-order valence-electron chi connectivity index (χ3n) is 2.83. The monoisotopic (exact) mass is 254 g/mol. The maximum absolute atomic E-state index is 12.0. The first kappa shape index (κ1) is 13.0. The van der Waals surface area contributed by atoms with Gasteiger partial charge in [0.25, 0.3) is 0 Å². The van der Waals surface area contributed by atoms with Crippen LogP contribution in [0, 0.1) is 6.92 Å². The van der Waals surface area contributed by atoms with Crippen LogP contribution in [0.2, 0.25) is 0 Å². The van der Waals surface area contributed by atoms with E-state index in [1.165, 1.54) is 0 Å². The van der Waals surface area contributed by atoms with Gasteiger partial charge in [0.1, 0.15) is 12.0 Å². The predicted molar refractivity (Wildman–Crippen MR) is 72.8 cm³/mol. The second kappa shape index (κ2) is 5.96. The van der Waals surface area contributed by atoms with Crippen molar-refractivity contribution in [2.45, 2.75) is 6.92 Å². The summed E-state index contributed by atoms with van der Waals surface area (Å²) in [5.41, 5.74) is 2.19. The second-order valence-corrected chi connectivity index (χ2v) is 4.21. The van der Waals surface area contributed by atoms with Crippen LogP contribution in [0.1, 0.15) is 26.3 Å². The molecular formula is C16H14O3. The Bertz CT molecular complexity index is 585. The van der Waals surface area contributed by atoms with Crippen LogP contribution in [0.25, 0.3) is 0 Å². The zero-order valence-electron chi connectivity index (χ0n) is 10.6. The van der Waals surface area contributed by atoms with Gasteiger partial charge in [0.05, 0.1) is 0 Å². The molecule has 0 aliphatic carbocycles. The number of rotatable bonds is 5. The fourth-order valence-electron chi connectivity index (χ4n) is 1.76. The SMILES string of the molecule is Cc1ccccc1C(=O)COc1ccc(C=O)cc1. The van der Waals surface area contributed by atoms with Gasteiger partial charge in [0.2, 0.25) is 0 Å². The molecule has 0 amide bonds. The summed E-state index contributed by atoms with van der Waals surface area (Å²) in [6, 6.07) is 14.1. The zero-order chi connectivity index (χ0) is 13.7. The summed E-state index contributed by atoms with van der Waals surface area (Å²) >= 11 is 0. The van der Waals surface area contributed by atoms with Crippen LogP contribution in [0.5, 0.6) is 5.75 Å². The molecule has 3 heteroatoms. The lowest BCUT2D eigenvalue weighted by atomic mass is 10.1. The third kappa shape index (κ3) is 3.28. The van der Waals surface area contributed by atoms with Crippen LogP contribution in [0.4, 0.5) is 0 Å². The number of benzene rings is 2. The van der Waals surface area contributed by atoms with Crippen molar-refractivity contribution in [1.82, 2.24) is 0 Å². The molecule has 2 rings (SSSR count). The minimum absolute atomic E-state index is 0.00864. The summed E-state index contributed by atoms with van der Waals surface area (Å²) in [7, 11) is 0. The Morgan fingerprint density at radius 1 is 1.11 bits per heavy atom. The number of aryl methyl sites for hydroxylation is 1. The van der Waals surface area contributed by atoms with E-state index in [-0.39, 0.29) is 12.4 Å². The summed E-state index contributed by atoms with van der Waals surface area (Å²) in [6.45, 7) is 1.89. The average molecular weight is 254 g/mol. The Balaban J connectivity index is 2.00. The summed E-state index contributed by atoms with van der Waals surface area (Å²) in [6.07, 6.45) is 0.766. The molecule has 3 nitrogen and oxygen atoms in total. The van der Waals surface area contributed by atoms with Gasteiger partial charge in [-0.3, -0.25) is 9.59 Å². The number of carbonyl (C=O) groups excluding carboxylic acids is 2. The van der Waals surface area contributed by atoms with Crippen LogP contribution in [-0.4, -0.2) is 18.7 Å². The Labute approximate surface area is 111 Å². The van der Waals surface area contributed by atoms with E-state index in [1.807, 2.05) is 25.1 Å². The quantitative estimate of drug-likeness (QED) is 0.608. The Hall–Kier alpha value is -2.42. The van der Waals surface area contributed by atoms with E-state index < -0.39 is 0 Å². The molecule has 0 heterocycles. The molecule has 0 aromatic heterocycles. The Morgan fingerprint density at radius 3 is 2.42 bits per heavy atom. The van der Waals surface area contributed by atoms with Crippen LogP contribution in [0.15, 0.2) is 48.5 Å². The van der Waals surface area contributed by atoms with Crippen molar-refractivity contribution in [3.63, 3.8) is 0 Å². The van der Waals surface area contributed by atoms with Crippen molar-refractivity contribution < 1.29 is 14.3 Å². The van der Waals surface area contributed by atoms with E-state index in [9.17, 15) is 9.59 Å². The van der Waals surface area contributed by atoms with Gasteiger partial charge in [-0.15, -0.1) is 0 Å². The fraction of sp³-hybridized carbons (Fsp3) is 0.125. The third-order valence-corrected chi connectivity index (χ3v) is 2.83. The lowest BCUT2D eigenvalue weighted by Crippen LogP contribution is -2.12. The van der Waals surface area contributed by atoms with Gasteiger partial charge >= 0.3 is 0 Å². The first-order valence-electron chi connectivity index (χ1n) is 5.97. The standard InChI is InChI=1S/C16H14O3/c1-12-4-2-3-5-15(12)16(18)11-19-14-8-6-13(10-17)7-9-14/h2-10H,11H2,1H3. The molecule has 0 saturated heterocycles. The first-order valence-corrected chi connectivity index (χ1v) is 5.97. The lowest BCUT2D eigenvalue weighted by molar-refractivity contribution is 0.0920. The fourth-order valence-corrected chi connectivity index (χ4v) is 1.76. The van der Waals surface area contributed by atoms with Crippen LogP contribution < -0.4 is 4.74 Å². The molecule has 0 aliphatic rings. The van der Waals surface area contributed by atoms with Gasteiger partial charge in [-0.1, -0.05) is 24.3 Å². The van der Waals surface area contributed by atoms with Gasteiger partial charge in [-0.2, -0.15) is 0 Å². The molecule has 0 aliphatic heterocycles. The average Bonchev–Trinajstić information content (AvgIpc) is 2.46. The minimum atomic E-state index is -0.0578. The molecular weight excluding hydrogens is 240 g/mol. The number of ether oxygens (including phenoxy) is 1. The van der Waals surface area contributed by atoms with E-state index in [1.54, 1.807) is 30.3 Å². The number of aldehydes is 1. The van der Waals surface area contributed by atoms with Crippen LogP contribution in [0.3, 0.4) is 0 Å². The van der Waals surface area contributed by atoms with E-state index in [4.69, 9.17) is 4.74 Å². The number of Topliss-reactive ketones (excluding diaryl/α,β-unsaturated/α-hetero) is 1. The molecule has 2 aromatic carbocycles. The van der Waals surface area contributed by atoms with Gasteiger partial charge < -0.3 is 4.74 Å². The minimum Gasteiger partial charge on any atom is -0.485 e. The van der Waals surface area contributed by atoms with Crippen LogP contribution in [-0.2, 0) is 0 Å². The Kier molecular flexibility index (Phi) is 4.08. The molecule has 0 atom stereocenters. The van der Waals surface area contributed by atoms with Crippen molar-refractivity contribution in [1.29, 1.82) is 0 Å².